The van der Waals surface area contributed by atoms with E-state index in [4.69, 9.17) is 0 Å². The molecule has 0 aliphatic rings. The van der Waals surface area contributed by atoms with Crippen LogP contribution in [-0.2, 0) is 12.0 Å². The van der Waals surface area contributed by atoms with Gasteiger partial charge in [0.15, 0.2) is 0 Å². The Balaban J connectivity index is 2.45. The number of nitrogens with zero attached hydrogens (tertiary/aromatic N) is 2. The van der Waals surface area contributed by atoms with Gasteiger partial charge in [-0.15, -0.1) is 11.3 Å². The van der Waals surface area contributed by atoms with Crippen molar-refractivity contribution in [2.75, 3.05) is 20.6 Å². The molecule has 1 atom stereocenters. The van der Waals surface area contributed by atoms with Crippen LogP contribution >= 0.6 is 11.3 Å². The lowest BCUT2D eigenvalue weighted by molar-refractivity contribution is 0.348. The highest BCUT2D eigenvalue weighted by Crippen LogP contribution is 2.25. The van der Waals surface area contributed by atoms with Crippen LogP contribution in [0.3, 0.4) is 0 Å². The van der Waals surface area contributed by atoms with Gasteiger partial charge in [0.2, 0.25) is 0 Å². The number of aromatic nitrogens is 1. The molecular weight excluding hydrogens is 230 g/mol. The van der Waals surface area contributed by atoms with Gasteiger partial charge >= 0.3 is 0 Å². The number of thiazole rings is 1. The molecule has 0 radical (unpaired) electrons. The molecule has 0 saturated carbocycles. The smallest absolute Gasteiger partial charge is 0.0982 e. The standard InChI is InChI=1S/C13H25N3S/c1-10(8-16(5)6)14-7-11-9-17-12(15-11)13(2,3)4/h9-10,14H,7-8H2,1-6H3. The minimum Gasteiger partial charge on any atom is -0.308 e. The molecule has 0 aromatic carbocycles. The van der Waals surface area contributed by atoms with Gasteiger partial charge in [-0.25, -0.2) is 4.98 Å². The topological polar surface area (TPSA) is 28.2 Å². The lowest BCUT2D eigenvalue weighted by Crippen LogP contribution is -2.35. The summed E-state index contributed by atoms with van der Waals surface area (Å²) in [4.78, 5) is 6.87. The zero-order valence-corrected chi connectivity index (χ0v) is 12.7. The van der Waals surface area contributed by atoms with Crippen molar-refractivity contribution in [3.05, 3.63) is 16.1 Å². The fourth-order valence-electron chi connectivity index (χ4n) is 1.62. The number of likely N-dealkylation sites (N-methyl/N-ethyl adjacent to an activating group) is 1. The Morgan fingerprint density at radius 3 is 2.53 bits per heavy atom. The minimum atomic E-state index is 0.165. The summed E-state index contributed by atoms with van der Waals surface area (Å²) in [5, 5.41) is 6.88. The first-order valence-electron chi connectivity index (χ1n) is 6.12. The van der Waals surface area contributed by atoms with Crippen molar-refractivity contribution in [3.63, 3.8) is 0 Å². The number of rotatable bonds is 5. The van der Waals surface area contributed by atoms with Crippen molar-refractivity contribution in [1.82, 2.24) is 15.2 Å². The maximum Gasteiger partial charge on any atom is 0.0982 e. The summed E-state index contributed by atoms with van der Waals surface area (Å²) in [5.74, 6) is 0. The van der Waals surface area contributed by atoms with Crippen LogP contribution < -0.4 is 5.32 Å². The first-order valence-corrected chi connectivity index (χ1v) is 7.00. The van der Waals surface area contributed by atoms with Crippen LogP contribution in [-0.4, -0.2) is 36.6 Å². The Morgan fingerprint density at radius 1 is 1.41 bits per heavy atom. The van der Waals surface area contributed by atoms with Gasteiger partial charge in [-0.3, -0.25) is 0 Å². The van der Waals surface area contributed by atoms with Crippen LogP contribution in [0.25, 0.3) is 0 Å². The number of nitrogens with one attached hydrogen (secondary N) is 1. The monoisotopic (exact) mass is 255 g/mol. The highest BCUT2D eigenvalue weighted by Gasteiger charge is 2.17. The molecule has 1 N–H and O–H groups in total. The third kappa shape index (κ3) is 5.15. The molecule has 1 unspecified atom stereocenters. The summed E-state index contributed by atoms with van der Waals surface area (Å²) in [5.41, 5.74) is 1.32. The van der Waals surface area contributed by atoms with Crippen LogP contribution in [0.2, 0.25) is 0 Å². The van der Waals surface area contributed by atoms with Crippen LogP contribution in [0.1, 0.15) is 38.4 Å². The molecule has 0 amide bonds. The first-order chi connectivity index (χ1) is 7.79. The van der Waals surface area contributed by atoms with Crippen molar-refractivity contribution in [3.8, 4) is 0 Å². The molecule has 0 aliphatic heterocycles. The van der Waals surface area contributed by atoms with E-state index in [2.05, 4.69) is 62.4 Å². The predicted octanol–water partition coefficient (Wildman–Crippen LogP) is 2.48. The largest absolute Gasteiger partial charge is 0.308 e. The zero-order valence-electron chi connectivity index (χ0n) is 11.9. The molecule has 3 nitrogen and oxygen atoms in total. The highest BCUT2D eigenvalue weighted by atomic mass is 32.1. The third-order valence-corrected chi connectivity index (χ3v) is 3.78. The van der Waals surface area contributed by atoms with E-state index in [9.17, 15) is 0 Å². The third-order valence-electron chi connectivity index (χ3n) is 2.46. The van der Waals surface area contributed by atoms with E-state index in [1.807, 2.05) is 0 Å². The first kappa shape index (κ1) is 14.6. The molecule has 1 aromatic rings. The van der Waals surface area contributed by atoms with Gasteiger partial charge in [-0.05, 0) is 21.0 Å². The second-order valence-corrected chi connectivity index (χ2v) is 6.80. The van der Waals surface area contributed by atoms with Crippen molar-refractivity contribution in [1.29, 1.82) is 0 Å². The van der Waals surface area contributed by atoms with Crippen molar-refractivity contribution in [2.24, 2.45) is 0 Å². The number of hydrogen-bond acceptors (Lipinski definition) is 4. The van der Waals surface area contributed by atoms with E-state index in [1.54, 1.807) is 11.3 Å². The fraction of sp³-hybridized carbons (Fsp3) is 0.769. The van der Waals surface area contributed by atoms with E-state index in [0.717, 1.165) is 18.8 Å². The van der Waals surface area contributed by atoms with Gasteiger partial charge in [-0.2, -0.15) is 0 Å². The Hall–Kier alpha value is -0.450. The second-order valence-electron chi connectivity index (χ2n) is 5.94. The summed E-state index contributed by atoms with van der Waals surface area (Å²) in [6.07, 6.45) is 0. The lowest BCUT2D eigenvalue weighted by Gasteiger charge is -2.17. The van der Waals surface area contributed by atoms with Crippen molar-refractivity contribution in [2.45, 2.75) is 45.7 Å². The molecule has 1 heterocycles. The average Bonchev–Trinajstić information content (AvgIpc) is 2.61. The predicted molar refractivity (Wildman–Crippen MR) is 75.7 cm³/mol. The average molecular weight is 255 g/mol. The van der Waals surface area contributed by atoms with E-state index in [1.165, 1.54) is 5.01 Å². The SMILES string of the molecule is CC(CN(C)C)NCc1csc(C(C)(C)C)n1. The van der Waals surface area contributed by atoms with Crippen LogP contribution in [0.4, 0.5) is 0 Å². The van der Waals surface area contributed by atoms with Gasteiger partial charge in [0.05, 0.1) is 10.7 Å². The molecule has 0 bridgehead atoms. The zero-order chi connectivity index (χ0) is 13.1. The van der Waals surface area contributed by atoms with E-state index in [-0.39, 0.29) is 5.41 Å². The van der Waals surface area contributed by atoms with Crippen LogP contribution in [0.5, 0.6) is 0 Å². The molecule has 0 spiro atoms. The minimum absolute atomic E-state index is 0.165. The van der Waals surface area contributed by atoms with Crippen molar-refractivity contribution >= 4 is 11.3 Å². The summed E-state index contributed by atoms with van der Waals surface area (Å²) < 4.78 is 0. The maximum absolute atomic E-state index is 4.68. The Kier molecular flexibility index (Phi) is 5.10. The molecular formula is C13H25N3S. The van der Waals surface area contributed by atoms with E-state index < -0.39 is 0 Å². The molecule has 0 fully saturated rings. The molecule has 98 valence electrons. The summed E-state index contributed by atoms with van der Waals surface area (Å²) in [6.45, 7) is 10.7. The van der Waals surface area contributed by atoms with Gasteiger partial charge in [0, 0.05) is 29.9 Å². The van der Waals surface area contributed by atoms with Gasteiger partial charge in [0.25, 0.3) is 0 Å². The van der Waals surface area contributed by atoms with E-state index in [0.29, 0.717) is 6.04 Å². The van der Waals surface area contributed by atoms with E-state index >= 15 is 0 Å². The number of hydrogen-bond donors (Lipinski definition) is 1. The molecule has 0 aliphatic carbocycles. The Labute approximate surface area is 109 Å². The normalized spacial score (nSPS) is 14.3. The highest BCUT2D eigenvalue weighted by molar-refractivity contribution is 7.09. The summed E-state index contributed by atoms with van der Waals surface area (Å²) in [7, 11) is 4.19. The maximum atomic E-state index is 4.68. The molecule has 1 rings (SSSR count). The fourth-order valence-corrected chi connectivity index (χ4v) is 2.53. The van der Waals surface area contributed by atoms with Crippen LogP contribution in [0, 0.1) is 0 Å². The quantitative estimate of drug-likeness (QED) is 0.876. The second kappa shape index (κ2) is 5.94. The van der Waals surface area contributed by atoms with Crippen molar-refractivity contribution < 1.29 is 0 Å². The Morgan fingerprint density at radius 2 is 2.06 bits per heavy atom. The molecule has 1 aromatic heterocycles. The van der Waals surface area contributed by atoms with Gasteiger partial charge in [-0.1, -0.05) is 20.8 Å². The van der Waals surface area contributed by atoms with Gasteiger partial charge < -0.3 is 10.2 Å². The van der Waals surface area contributed by atoms with Gasteiger partial charge in [0.1, 0.15) is 0 Å². The molecule has 0 saturated heterocycles. The summed E-state index contributed by atoms with van der Waals surface area (Å²) in [6, 6.07) is 0.491. The summed E-state index contributed by atoms with van der Waals surface area (Å²) >= 11 is 1.76. The molecule has 17 heavy (non-hydrogen) atoms. The lowest BCUT2D eigenvalue weighted by atomic mass is 9.98. The Bertz CT molecular complexity index is 339. The van der Waals surface area contributed by atoms with Crippen LogP contribution in [0.15, 0.2) is 5.38 Å². The molecule has 4 heteroatoms.